The Morgan fingerprint density at radius 1 is 1.07 bits per heavy atom. The third-order valence-electron chi connectivity index (χ3n) is 4.52. The molecular weight excluding hydrogens is 398 g/mol. The van der Waals surface area contributed by atoms with Crippen molar-refractivity contribution in [2.24, 2.45) is 0 Å². The highest BCUT2D eigenvalue weighted by molar-refractivity contribution is 7.89. The molecule has 0 aliphatic carbocycles. The van der Waals surface area contributed by atoms with Crippen LogP contribution in [0.3, 0.4) is 0 Å². The summed E-state index contributed by atoms with van der Waals surface area (Å²) in [5, 5.41) is 13.3. The molecular formula is C19H21N3O6S. The summed E-state index contributed by atoms with van der Waals surface area (Å²) in [4.78, 5) is 22.3. The van der Waals surface area contributed by atoms with E-state index in [4.69, 9.17) is 4.74 Å². The summed E-state index contributed by atoms with van der Waals surface area (Å²) >= 11 is 0. The molecule has 2 aromatic carbocycles. The van der Waals surface area contributed by atoms with Crippen molar-refractivity contribution in [1.82, 2.24) is 9.62 Å². The van der Waals surface area contributed by atoms with Gasteiger partial charge in [-0.1, -0.05) is 0 Å². The summed E-state index contributed by atoms with van der Waals surface area (Å²) in [6.45, 7) is 1.52. The van der Waals surface area contributed by atoms with Crippen LogP contribution >= 0.6 is 0 Å². The van der Waals surface area contributed by atoms with E-state index in [1.165, 1.54) is 40.7 Å². The van der Waals surface area contributed by atoms with E-state index in [2.05, 4.69) is 5.32 Å². The zero-order chi connectivity index (χ0) is 20.9. The molecule has 0 saturated carbocycles. The minimum atomic E-state index is -3.45. The molecule has 29 heavy (non-hydrogen) atoms. The number of hydrogen-bond donors (Lipinski definition) is 1. The lowest BCUT2D eigenvalue weighted by atomic mass is 10.2. The van der Waals surface area contributed by atoms with E-state index in [-0.39, 0.29) is 29.6 Å². The highest BCUT2D eigenvalue weighted by atomic mass is 32.2. The van der Waals surface area contributed by atoms with Crippen LogP contribution in [0.1, 0.15) is 23.2 Å². The quantitative estimate of drug-likeness (QED) is 0.398. The fourth-order valence-electron chi connectivity index (χ4n) is 2.96. The maximum absolute atomic E-state index is 12.5. The number of benzene rings is 2. The number of nitrogens with zero attached hydrogens (tertiary/aromatic N) is 2. The first-order chi connectivity index (χ1) is 13.9. The van der Waals surface area contributed by atoms with Gasteiger partial charge in [0.25, 0.3) is 11.6 Å². The molecule has 3 rings (SSSR count). The Balaban J connectivity index is 1.47. The lowest BCUT2D eigenvalue weighted by molar-refractivity contribution is -0.384. The summed E-state index contributed by atoms with van der Waals surface area (Å²) in [6.07, 6.45) is 1.76. The number of rotatable bonds is 8. The lowest BCUT2D eigenvalue weighted by Crippen LogP contribution is -2.28. The molecule has 0 bridgehead atoms. The molecule has 1 aliphatic rings. The summed E-state index contributed by atoms with van der Waals surface area (Å²) in [7, 11) is -3.45. The van der Waals surface area contributed by atoms with Crippen molar-refractivity contribution in [3.63, 3.8) is 0 Å². The van der Waals surface area contributed by atoms with E-state index in [9.17, 15) is 23.3 Å². The Morgan fingerprint density at radius 3 is 2.28 bits per heavy atom. The van der Waals surface area contributed by atoms with Gasteiger partial charge in [0, 0.05) is 30.8 Å². The molecule has 10 heteroatoms. The van der Waals surface area contributed by atoms with Crippen LogP contribution in [0.4, 0.5) is 5.69 Å². The predicted molar refractivity (Wildman–Crippen MR) is 105 cm³/mol. The van der Waals surface area contributed by atoms with E-state index >= 15 is 0 Å². The van der Waals surface area contributed by atoms with Gasteiger partial charge in [0.05, 0.1) is 16.4 Å². The van der Waals surface area contributed by atoms with Crippen molar-refractivity contribution in [3.05, 3.63) is 64.2 Å². The van der Waals surface area contributed by atoms with Gasteiger partial charge in [-0.15, -0.1) is 0 Å². The van der Waals surface area contributed by atoms with E-state index in [1.807, 2.05) is 0 Å². The molecule has 0 spiro atoms. The molecule has 2 aromatic rings. The summed E-state index contributed by atoms with van der Waals surface area (Å²) in [5.41, 5.74) is 0.229. The third-order valence-corrected chi connectivity index (χ3v) is 6.44. The molecule has 1 fully saturated rings. The van der Waals surface area contributed by atoms with Crippen molar-refractivity contribution in [2.75, 3.05) is 26.2 Å². The molecule has 0 atom stereocenters. The zero-order valence-corrected chi connectivity index (χ0v) is 16.4. The molecule has 1 heterocycles. The fraction of sp³-hybridized carbons (Fsp3) is 0.316. The van der Waals surface area contributed by atoms with Crippen LogP contribution in [0.15, 0.2) is 53.4 Å². The largest absolute Gasteiger partial charge is 0.492 e. The molecule has 154 valence electrons. The van der Waals surface area contributed by atoms with Gasteiger partial charge in [-0.3, -0.25) is 14.9 Å². The van der Waals surface area contributed by atoms with Crippen LogP contribution in [0.5, 0.6) is 5.75 Å². The summed E-state index contributed by atoms with van der Waals surface area (Å²) in [6, 6.07) is 11.5. The van der Waals surface area contributed by atoms with Gasteiger partial charge >= 0.3 is 0 Å². The van der Waals surface area contributed by atoms with Gasteiger partial charge < -0.3 is 10.1 Å². The van der Waals surface area contributed by atoms with Crippen molar-refractivity contribution in [3.8, 4) is 5.75 Å². The number of carbonyl (C=O) groups excluding carboxylic acids is 1. The topological polar surface area (TPSA) is 119 Å². The maximum atomic E-state index is 12.5. The fourth-order valence-corrected chi connectivity index (χ4v) is 4.47. The number of nitro benzene ring substituents is 1. The van der Waals surface area contributed by atoms with Gasteiger partial charge in [0.15, 0.2) is 0 Å². The average Bonchev–Trinajstić information content (AvgIpc) is 3.27. The van der Waals surface area contributed by atoms with E-state index in [0.29, 0.717) is 24.4 Å². The number of carbonyl (C=O) groups is 1. The number of ether oxygens (including phenoxy) is 1. The van der Waals surface area contributed by atoms with Crippen LogP contribution in [-0.4, -0.2) is 49.8 Å². The minimum absolute atomic E-state index is 0.0833. The number of non-ortho nitro benzene ring substituents is 1. The normalized spacial score (nSPS) is 14.5. The van der Waals surface area contributed by atoms with E-state index < -0.39 is 14.9 Å². The van der Waals surface area contributed by atoms with Crippen molar-refractivity contribution in [2.45, 2.75) is 17.7 Å². The molecule has 1 N–H and O–H groups in total. The second kappa shape index (κ2) is 9.01. The van der Waals surface area contributed by atoms with E-state index in [0.717, 1.165) is 12.8 Å². The molecule has 9 nitrogen and oxygen atoms in total. The Labute approximate surface area is 168 Å². The van der Waals surface area contributed by atoms with Gasteiger partial charge in [-0.05, 0) is 49.2 Å². The number of nitro groups is 1. The monoisotopic (exact) mass is 419 g/mol. The Kier molecular flexibility index (Phi) is 6.45. The van der Waals surface area contributed by atoms with E-state index in [1.54, 1.807) is 12.1 Å². The third kappa shape index (κ3) is 5.09. The van der Waals surface area contributed by atoms with Gasteiger partial charge in [0.1, 0.15) is 12.4 Å². The standard InChI is InChI=1S/C19H21N3O6S/c23-19(15-3-5-16(6-4-15)22(24)25)20-11-14-28-17-7-9-18(10-8-17)29(26,27)21-12-1-2-13-21/h3-10H,1-2,11-14H2,(H,20,23). The van der Waals surface area contributed by atoms with Crippen LogP contribution < -0.4 is 10.1 Å². The number of hydrogen-bond acceptors (Lipinski definition) is 6. The van der Waals surface area contributed by atoms with Crippen molar-refractivity contribution < 1.29 is 22.9 Å². The van der Waals surface area contributed by atoms with Gasteiger partial charge in [-0.2, -0.15) is 4.31 Å². The molecule has 1 amide bonds. The minimum Gasteiger partial charge on any atom is -0.492 e. The molecule has 1 aliphatic heterocycles. The highest BCUT2D eigenvalue weighted by Crippen LogP contribution is 2.22. The molecule has 0 radical (unpaired) electrons. The average molecular weight is 419 g/mol. The Bertz CT molecular complexity index is 968. The predicted octanol–water partition coefficient (Wildman–Crippen LogP) is 2.19. The first-order valence-corrected chi connectivity index (χ1v) is 10.6. The molecule has 0 aromatic heterocycles. The van der Waals surface area contributed by atoms with Crippen LogP contribution in [0, 0.1) is 10.1 Å². The van der Waals surface area contributed by atoms with Crippen LogP contribution in [-0.2, 0) is 10.0 Å². The van der Waals surface area contributed by atoms with Gasteiger partial charge in [0.2, 0.25) is 10.0 Å². The second-order valence-corrected chi connectivity index (χ2v) is 8.43. The highest BCUT2D eigenvalue weighted by Gasteiger charge is 2.26. The number of nitrogens with one attached hydrogen (secondary N) is 1. The zero-order valence-electron chi connectivity index (χ0n) is 15.6. The molecule has 1 saturated heterocycles. The summed E-state index contributed by atoms with van der Waals surface area (Å²) in [5.74, 6) is 0.130. The lowest BCUT2D eigenvalue weighted by Gasteiger charge is -2.15. The Morgan fingerprint density at radius 2 is 1.69 bits per heavy atom. The first kappa shape index (κ1) is 20.7. The SMILES string of the molecule is O=C(NCCOc1ccc(S(=O)(=O)N2CCCC2)cc1)c1ccc([N+](=O)[O-])cc1. The Hall–Kier alpha value is -2.98. The molecule has 0 unspecified atom stereocenters. The number of amides is 1. The number of sulfonamides is 1. The van der Waals surface area contributed by atoms with Crippen LogP contribution in [0.25, 0.3) is 0 Å². The second-order valence-electron chi connectivity index (χ2n) is 6.49. The van der Waals surface area contributed by atoms with Crippen molar-refractivity contribution >= 4 is 21.6 Å². The van der Waals surface area contributed by atoms with Gasteiger partial charge in [-0.25, -0.2) is 8.42 Å². The van der Waals surface area contributed by atoms with Crippen molar-refractivity contribution in [1.29, 1.82) is 0 Å². The van der Waals surface area contributed by atoms with Crippen LogP contribution in [0.2, 0.25) is 0 Å². The first-order valence-electron chi connectivity index (χ1n) is 9.13. The maximum Gasteiger partial charge on any atom is 0.269 e. The smallest absolute Gasteiger partial charge is 0.269 e. The summed E-state index contributed by atoms with van der Waals surface area (Å²) < 4.78 is 32.0.